The monoisotopic (exact) mass is 434 g/mol. The van der Waals surface area contributed by atoms with Crippen LogP contribution < -0.4 is 4.90 Å². The second kappa shape index (κ2) is 7.18. The van der Waals surface area contributed by atoms with E-state index in [0.717, 1.165) is 42.7 Å². The summed E-state index contributed by atoms with van der Waals surface area (Å²) in [6, 6.07) is 3.88. The number of anilines is 1. The lowest BCUT2D eigenvalue weighted by atomic mass is 9.89. The summed E-state index contributed by atoms with van der Waals surface area (Å²) >= 11 is 0. The molecule has 6 rings (SSSR count). The van der Waals surface area contributed by atoms with E-state index in [1.54, 1.807) is 29.5 Å². The minimum atomic E-state index is -0.688. The fraction of sp³-hybridized carbons (Fsp3) is 0.318. The van der Waals surface area contributed by atoms with Gasteiger partial charge in [-0.2, -0.15) is 4.98 Å². The van der Waals surface area contributed by atoms with Crippen molar-refractivity contribution < 1.29 is 8.78 Å². The molecule has 3 aromatic heterocycles. The molecule has 1 aliphatic carbocycles. The number of benzene rings is 1. The van der Waals surface area contributed by atoms with Gasteiger partial charge in [-0.3, -0.25) is 9.13 Å². The Morgan fingerprint density at radius 2 is 2.00 bits per heavy atom. The van der Waals surface area contributed by atoms with Crippen LogP contribution in [0.25, 0.3) is 23.0 Å². The van der Waals surface area contributed by atoms with Crippen molar-refractivity contribution in [3.63, 3.8) is 0 Å². The summed E-state index contributed by atoms with van der Waals surface area (Å²) < 4.78 is 31.4. The first-order chi connectivity index (χ1) is 15.7. The van der Waals surface area contributed by atoms with Crippen LogP contribution in [-0.2, 0) is 0 Å². The molecule has 0 unspecified atom stereocenters. The van der Waals surface area contributed by atoms with Gasteiger partial charge in [-0.15, -0.1) is 10.2 Å². The Hall–Kier alpha value is -3.69. The number of hydrogen-bond acceptors (Lipinski definition) is 6. The van der Waals surface area contributed by atoms with Gasteiger partial charge >= 0.3 is 0 Å². The summed E-state index contributed by atoms with van der Waals surface area (Å²) in [7, 11) is 0. The minimum Gasteiger partial charge on any atom is -0.341 e. The number of aromatic nitrogens is 7. The molecule has 1 aromatic carbocycles. The molecule has 1 saturated carbocycles. The molecule has 2 aliphatic rings. The van der Waals surface area contributed by atoms with E-state index in [1.807, 2.05) is 4.57 Å². The SMILES string of the molecule is CC[C@@H]1c2nncn2-c2cnc(-n3ccnc3-c3ccc(F)cc3F)nc2N1C1CCC1. The van der Waals surface area contributed by atoms with E-state index >= 15 is 0 Å². The largest absolute Gasteiger partial charge is 0.341 e. The second-order valence-corrected chi connectivity index (χ2v) is 8.10. The summed E-state index contributed by atoms with van der Waals surface area (Å²) in [4.78, 5) is 16.1. The molecular weight excluding hydrogens is 414 g/mol. The zero-order chi connectivity index (χ0) is 21.8. The molecule has 0 saturated heterocycles. The molecule has 0 N–H and O–H groups in total. The lowest BCUT2D eigenvalue weighted by Crippen LogP contribution is -2.46. The number of imidazole rings is 1. The zero-order valence-electron chi connectivity index (χ0n) is 17.4. The Labute approximate surface area is 182 Å². The molecule has 8 nitrogen and oxygen atoms in total. The van der Waals surface area contributed by atoms with Crippen molar-refractivity contribution in [3.8, 4) is 23.0 Å². The van der Waals surface area contributed by atoms with Crippen molar-refractivity contribution >= 4 is 5.82 Å². The van der Waals surface area contributed by atoms with Crippen LogP contribution in [0.2, 0.25) is 0 Å². The van der Waals surface area contributed by atoms with E-state index in [1.165, 1.54) is 18.6 Å². The van der Waals surface area contributed by atoms with E-state index < -0.39 is 11.6 Å². The predicted octanol–water partition coefficient (Wildman–Crippen LogP) is 4.01. The van der Waals surface area contributed by atoms with Gasteiger partial charge in [0.1, 0.15) is 29.5 Å². The normalized spacial score (nSPS) is 17.7. The average Bonchev–Trinajstić information content (AvgIpc) is 3.42. The Bertz CT molecular complexity index is 1310. The van der Waals surface area contributed by atoms with E-state index in [4.69, 9.17) is 4.98 Å². The Kier molecular flexibility index (Phi) is 4.27. The smallest absolute Gasteiger partial charge is 0.237 e. The van der Waals surface area contributed by atoms with Crippen LogP contribution in [0.15, 0.2) is 43.1 Å². The first kappa shape index (κ1) is 19.0. The van der Waals surface area contributed by atoms with Crippen LogP contribution in [0.5, 0.6) is 0 Å². The van der Waals surface area contributed by atoms with Crippen LogP contribution in [0, 0.1) is 11.6 Å². The molecule has 4 aromatic rings. The predicted molar refractivity (Wildman–Crippen MR) is 113 cm³/mol. The van der Waals surface area contributed by atoms with Crippen LogP contribution in [0.3, 0.4) is 0 Å². The molecule has 1 atom stereocenters. The molecular formula is C22H20F2N8. The average molecular weight is 434 g/mol. The number of nitrogens with zero attached hydrogens (tertiary/aromatic N) is 8. The maximum absolute atomic E-state index is 14.5. The molecule has 1 fully saturated rings. The summed E-state index contributed by atoms with van der Waals surface area (Å²) in [5.74, 6) is 1.05. The topological polar surface area (TPSA) is 77.5 Å². The lowest BCUT2D eigenvalue weighted by molar-refractivity contribution is 0.341. The van der Waals surface area contributed by atoms with Crippen molar-refractivity contribution in [1.82, 2.24) is 34.3 Å². The van der Waals surface area contributed by atoms with Crippen molar-refractivity contribution in [3.05, 3.63) is 60.6 Å². The number of halogens is 2. The lowest BCUT2D eigenvalue weighted by Gasteiger charge is -2.45. The zero-order valence-corrected chi connectivity index (χ0v) is 17.4. The van der Waals surface area contributed by atoms with Gasteiger partial charge in [0.15, 0.2) is 11.6 Å². The minimum absolute atomic E-state index is 0.0647. The molecule has 32 heavy (non-hydrogen) atoms. The highest BCUT2D eigenvalue weighted by Gasteiger charge is 2.39. The van der Waals surface area contributed by atoms with Gasteiger partial charge in [0, 0.05) is 24.5 Å². The first-order valence-corrected chi connectivity index (χ1v) is 10.7. The van der Waals surface area contributed by atoms with Gasteiger partial charge in [0.2, 0.25) is 5.95 Å². The molecule has 4 heterocycles. The first-order valence-electron chi connectivity index (χ1n) is 10.7. The number of hydrogen-bond donors (Lipinski definition) is 0. The molecule has 10 heteroatoms. The van der Waals surface area contributed by atoms with E-state index in [0.29, 0.717) is 17.8 Å². The molecule has 0 bridgehead atoms. The van der Waals surface area contributed by atoms with Gasteiger partial charge in [0.25, 0.3) is 0 Å². The molecule has 0 spiro atoms. The standard InChI is InChI=1S/C22H20F2N8/c1-2-17-21-29-27-12-31(21)18-11-26-22(28-20(18)32(17)14-4-3-5-14)30-9-8-25-19(30)15-7-6-13(23)10-16(15)24/h6-12,14,17H,2-5H2,1H3/t17-/m1/s1. The number of rotatable bonds is 4. The van der Waals surface area contributed by atoms with Crippen LogP contribution in [0.1, 0.15) is 44.5 Å². The van der Waals surface area contributed by atoms with Crippen LogP contribution in [-0.4, -0.2) is 40.3 Å². The van der Waals surface area contributed by atoms with Crippen molar-refractivity contribution in [2.75, 3.05) is 4.90 Å². The highest BCUT2D eigenvalue weighted by atomic mass is 19.1. The van der Waals surface area contributed by atoms with Gasteiger partial charge in [-0.25, -0.2) is 18.7 Å². The van der Waals surface area contributed by atoms with Gasteiger partial charge in [0.05, 0.1) is 17.8 Å². The fourth-order valence-corrected chi connectivity index (χ4v) is 4.57. The van der Waals surface area contributed by atoms with Crippen molar-refractivity contribution in [1.29, 1.82) is 0 Å². The van der Waals surface area contributed by atoms with Gasteiger partial charge < -0.3 is 4.90 Å². The quantitative estimate of drug-likeness (QED) is 0.483. The molecule has 162 valence electrons. The third-order valence-corrected chi connectivity index (χ3v) is 6.33. The van der Waals surface area contributed by atoms with E-state index in [2.05, 4.69) is 32.0 Å². The van der Waals surface area contributed by atoms with Crippen molar-refractivity contribution in [2.24, 2.45) is 0 Å². The van der Waals surface area contributed by atoms with E-state index in [-0.39, 0.29) is 11.6 Å². The van der Waals surface area contributed by atoms with Gasteiger partial charge in [-0.1, -0.05) is 6.92 Å². The maximum atomic E-state index is 14.5. The maximum Gasteiger partial charge on any atom is 0.237 e. The summed E-state index contributed by atoms with van der Waals surface area (Å²) in [6.45, 7) is 2.13. The molecule has 0 amide bonds. The molecule has 1 aliphatic heterocycles. The highest BCUT2D eigenvalue weighted by Crippen LogP contribution is 2.43. The Morgan fingerprint density at radius 3 is 2.75 bits per heavy atom. The van der Waals surface area contributed by atoms with Crippen LogP contribution in [0.4, 0.5) is 14.6 Å². The summed E-state index contributed by atoms with van der Waals surface area (Å²) in [5.41, 5.74) is 1.00. The van der Waals surface area contributed by atoms with E-state index in [9.17, 15) is 8.78 Å². The summed E-state index contributed by atoms with van der Waals surface area (Å²) in [6.07, 6.45) is 10.9. The third-order valence-electron chi connectivity index (χ3n) is 6.33. The highest BCUT2D eigenvalue weighted by molar-refractivity contribution is 5.64. The Balaban J connectivity index is 1.51. The van der Waals surface area contributed by atoms with Gasteiger partial charge in [-0.05, 0) is 37.8 Å². The summed E-state index contributed by atoms with van der Waals surface area (Å²) in [5, 5.41) is 8.49. The Morgan fingerprint density at radius 1 is 1.12 bits per heavy atom. The number of fused-ring (bicyclic) bond motifs is 3. The third kappa shape index (κ3) is 2.75. The molecule has 0 radical (unpaired) electrons. The fourth-order valence-electron chi connectivity index (χ4n) is 4.57. The second-order valence-electron chi connectivity index (χ2n) is 8.10. The van der Waals surface area contributed by atoms with Crippen molar-refractivity contribution in [2.45, 2.75) is 44.7 Å². The van der Waals surface area contributed by atoms with Crippen LogP contribution >= 0.6 is 0 Å².